The van der Waals surface area contributed by atoms with Gasteiger partial charge in [-0.25, -0.2) is 0 Å². The quantitative estimate of drug-likeness (QED) is 0.360. The Hall–Kier alpha value is 4.05. The van der Waals surface area contributed by atoms with Crippen LogP contribution in [0.2, 0.25) is 0 Å². The van der Waals surface area contributed by atoms with Crippen LogP contribution in [0, 0.1) is 71.2 Å². The minimum atomic E-state index is 0. The minimum Gasteiger partial charge on any atom is 0 e. The fraction of sp³-hybridized carbons (Fsp3) is 0. The maximum Gasteiger partial charge on any atom is 0 e. The molecule has 0 saturated heterocycles. The topological polar surface area (TPSA) is 94.5 Å². The van der Waals surface area contributed by atoms with Crippen LogP contribution in [0.4, 0.5) is 0 Å². The molecule has 3 nitrogen and oxygen atoms in total. The first-order valence-electron chi connectivity index (χ1n) is 0. The van der Waals surface area contributed by atoms with Crippen LogP contribution in [0.15, 0.2) is 0 Å². The molecular formula is H8CaLa2MnO3. The molecule has 0 unspecified atom stereocenters. The second kappa shape index (κ2) is 50.2. The predicted molar refractivity (Wildman–Crippen MR) is 19.4 cm³/mol. The zero-order valence-electron chi connectivity index (χ0n) is 3.03. The third-order valence-corrected chi connectivity index (χ3v) is 0. The van der Waals surface area contributed by atoms with Crippen LogP contribution in [0.25, 0.3) is 0 Å². The van der Waals surface area contributed by atoms with E-state index in [0.717, 1.165) is 0 Å². The van der Waals surface area contributed by atoms with Gasteiger partial charge in [-0.1, -0.05) is 0 Å². The zero-order valence-corrected chi connectivity index (χ0v) is 11.5. The molecule has 0 spiro atoms. The molecule has 0 aromatic rings. The van der Waals surface area contributed by atoms with Crippen LogP contribution >= 0.6 is 0 Å². The standard InChI is InChI=1S/Ca.2La.Mn.3H2O.2H/h;;;;3*1H2;;. The van der Waals surface area contributed by atoms with Crippen molar-refractivity contribution in [2.45, 2.75) is 0 Å². The maximum atomic E-state index is 0. The van der Waals surface area contributed by atoms with E-state index in [1.165, 1.54) is 0 Å². The third kappa shape index (κ3) is 39.7. The average Bonchev–Trinajstić information content (AvgIpc) is 0. The van der Waals surface area contributed by atoms with E-state index in [1.807, 2.05) is 0 Å². The summed E-state index contributed by atoms with van der Waals surface area (Å²) in [6.07, 6.45) is 0. The maximum absolute atomic E-state index is 0. The molecule has 0 amide bonds. The zero-order chi connectivity index (χ0) is 0. The summed E-state index contributed by atoms with van der Waals surface area (Å²) in [7, 11) is 0. The Kier molecular flexibility index (Phi) is 488. The molecule has 7 heteroatoms. The molecule has 0 bridgehead atoms. The summed E-state index contributed by atoms with van der Waals surface area (Å²) in [5.41, 5.74) is 0. The van der Waals surface area contributed by atoms with Crippen LogP contribution in [0.5, 0.6) is 0 Å². The average molecular weight is 429 g/mol. The molecular weight excluding hydrogens is 421 g/mol. The minimum absolute atomic E-state index is 0. The Morgan fingerprint density at radius 1 is 0.571 bits per heavy atom. The van der Waals surface area contributed by atoms with Crippen molar-refractivity contribution >= 4 is 37.7 Å². The molecule has 0 aromatic heterocycles. The first-order valence-corrected chi connectivity index (χ1v) is 0. The predicted octanol–water partition coefficient (Wildman–Crippen LogP) is -3.39. The number of rotatable bonds is 0. The monoisotopic (exact) mass is 429 g/mol. The van der Waals surface area contributed by atoms with E-state index in [1.54, 1.807) is 0 Å². The number of hydrogen-bond acceptors (Lipinski definition) is 0. The first kappa shape index (κ1) is 68.1. The Morgan fingerprint density at radius 2 is 0.571 bits per heavy atom. The molecule has 0 heterocycles. The van der Waals surface area contributed by atoms with Gasteiger partial charge in [-0.3, -0.25) is 0 Å². The summed E-state index contributed by atoms with van der Waals surface area (Å²) in [5.74, 6) is 0. The summed E-state index contributed by atoms with van der Waals surface area (Å²) in [6.45, 7) is 0. The third-order valence-electron chi connectivity index (χ3n) is 0. The van der Waals surface area contributed by atoms with Crippen molar-refractivity contribution < 1.29 is 105 Å². The van der Waals surface area contributed by atoms with Gasteiger partial charge in [0.05, 0.1) is 0 Å². The largest absolute Gasteiger partial charge is 0 e. The van der Waals surface area contributed by atoms with Gasteiger partial charge in [0.25, 0.3) is 0 Å². The molecule has 3 radical (unpaired) electrons. The van der Waals surface area contributed by atoms with Crippen molar-refractivity contribution in [3.05, 3.63) is 0 Å². The van der Waals surface area contributed by atoms with E-state index < -0.39 is 0 Å². The number of hydrogen-bond donors (Lipinski definition) is 0. The van der Waals surface area contributed by atoms with Gasteiger partial charge < -0.3 is 16.4 Å². The summed E-state index contributed by atoms with van der Waals surface area (Å²) >= 11 is 0. The Balaban J connectivity index is 0. The van der Waals surface area contributed by atoms with Gasteiger partial charge in [0.2, 0.25) is 0 Å². The van der Waals surface area contributed by atoms with Crippen molar-refractivity contribution in [3.8, 4) is 0 Å². The smallest absolute Gasteiger partial charge is 0 e. The van der Waals surface area contributed by atoms with Gasteiger partial charge in [-0.2, -0.15) is 0 Å². The summed E-state index contributed by atoms with van der Waals surface area (Å²) < 4.78 is 0. The van der Waals surface area contributed by atoms with Gasteiger partial charge in [0.15, 0.2) is 0 Å². The van der Waals surface area contributed by atoms with E-state index in [9.17, 15) is 0 Å². The SMILES string of the molecule is O.O.O.[CaH2].[La].[La].[Mn]. The Labute approximate surface area is 139 Å². The van der Waals surface area contributed by atoms with Crippen LogP contribution in [0.1, 0.15) is 0 Å². The van der Waals surface area contributed by atoms with E-state index in [0.29, 0.717) is 0 Å². The van der Waals surface area contributed by atoms with E-state index >= 15 is 0 Å². The second-order valence-corrected chi connectivity index (χ2v) is 0. The molecule has 0 aliphatic carbocycles. The van der Waals surface area contributed by atoms with Gasteiger partial charge in [-0.15, -0.1) is 0 Å². The molecule has 7 heavy (non-hydrogen) atoms. The van der Waals surface area contributed by atoms with Crippen molar-refractivity contribution in [2.75, 3.05) is 0 Å². The fourth-order valence-corrected chi connectivity index (χ4v) is 0. The second-order valence-electron chi connectivity index (χ2n) is 0. The molecule has 0 atom stereocenters. The van der Waals surface area contributed by atoms with E-state index in [4.69, 9.17) is 0 Å². The first-order chi connectivity index (χ1) is 0. The van der Waals surface area contributed by atoms with Gasteiger partial charge in [0.1, 0.15) is 0 Å². The summed E-state index contributed by atoms with van der Waals surface area (Å²) in [6, 6.07) is 0. The summed E-state index contributed by atoms with van der Waals surface area (Å²) in [5, 5.41) is 0. The molecule has 0 aliphatic heterocycles. The van der Waals surface area contributed by atoms with Crippen molar-refractivity contribution in [1.29, 1.82) is 0 Å². The van der Waals surface area contributed by atoms with Gasteiger partial charge >= 0.3 is 37.7 Å². The molecule has 41 valence electrons. The fourth-order valence-electron chi connectivity index (χ4n) is 0. The van der Waals surface area contributed by atoms with Gasteiger partial charge in [-0.05, 0) is 0 Å². The normalized spacial score (nSPS) is 0. The van der Waals surface area contributed by atoms with E-state index in [2.05, 4.69) is 0 Å². The Morgan fingerprint density at radius 3 is 0.571 bits per heavy atom. The van der Waals surface area contributed by atoms with Crippen molar-refractivity contribution in [1.82, 2.24) is 0 Å². The summed E-state index contributed by atoms with van der Waals surface area (Å²) in [4.78, 5) is 0. The van der Waals surface area contributed by atoms with Gasteiger partial charge in [0, 0.05) is 88.3 Å². The van der Waals surface area contributed by atoms with Crippen molar-refractivity contribution in [2.24, 2.45) is 0 Å². The molecule has 0 fully saturated rings. The molecule has 0 saturated carbocycles. The Bertz CT molecular complexity index is 12.9. The molecule has 6 N–H and O–H groups in total. The van der Waals surface area contributed by atoms with Crippen LogP contribution < -0.4 is 0 Å². The molecule has 0 rings (SSSR count). The van der Waals surface area contributed by atoms with Crippen LogP contribution in [-0.4, -0.2) is 54.2 Å². The van der Waals surface area contributed by atoms with Crippen molar-refractivity contribution in [3.63, 3.8) is 0 Å². The van der Waals surface area contributed by atoms with E-state index in [-0.39, 0.29) is 142 Å². The van der Waals surface area contributed by atoms with Crippen LogP contribution in [-0.2, 0) is 17.1 Å². The molecule has 0 aliphatic rings. The van der Waals surface area contributed by atoms with Crippen LogP contribution in [0.3, 0.4) is 0 Å². The molecule has 0 aromatic carbocycles.